The topological polar surface area (TPSA) is 49.9 Å². The van der Waals surface area contributed by atoms with E-state index in [1.807, 2.05) is 58.3 Å². The second-order valence-electron chi connectivity index (χ2n) is 6.53. The quantitative estimate of drug-likeness (QED) is 0.621. The smallest absolute Gasteiger partial charge is 0.254 e. The van der Waals surface area contributed by atoms with Gasteiger partial charge in [-0.25, -0.2) is 0 Å². The summed E-state index contributed by atoms with van der Waals surface area (Å²) in [6.07, 6.45) is 1.20. The minimum absolute atomic E-state index is 0.0406. The number of carbonyl (C=O) groups is 2. The Bertz CT molecular complexity index is 799. The third-order valence-corrected chi connectivity index (χ3v) is 5.45. The molecule has 2 aromatic rings. The Morgan fingerprint density at radius 3 is 2.30 bits per heavy atom. The summed E-state index contributed by atoms with van der Waals surface area (Å²) in [4.78, 5) is 28.8. The van der Waals surface area contributed by atoms with E-state index in [1.54, 1.807) is 7.11 Å². The van der Waals surface area contributed by atoms with E-state index in [-0.39, 0.29) is 11.8 Å². The highest BCUT2D eigenvalue weighted by Gasteiger charge is 2.24. The highest BCUT2D eigenvalue weighted by atomic mass is 127. The number of hydrogen-bond donors (Lipinski definition) is 0. The lowest BCUT2D eigenvalue weighted by Crippen LogP contribution is -2.50. The second-order valence-corrected chi connectivity index (χ2v) is 7.78. The molecule has 27 heavy (non-hydrogen) atoms. The number of aryl methyl sites for hydroxylation is 1. The number of methoxy groups -OCH3 is 1. The Hall–Kier alpha value is -2.09. The monoisotopic (exact) mass is 478 g/mol. The summed E-state index contributed by atoms with van der Waals surface area (Å²) in [5.41, 5.74) is 1.83. The average molecular weight is 478 g/mol. The maximum absolute atomic E-state index is 12.6. The lowest BCUT2D eigenvalue weighted by molar-refractivity contribution is -0.132. The molecule has 0 aliphatic carbocycles. The molecular formula is C21H23IN2O3. The third-order valence-electron chi connectivity index (χ3n) is 4.78. The maximum Gasteiger partial charge on any atom is 0.254 e. The molecule has 142 valence electrons. The van der Waals surface area contributed by atoms with Crippen molar-refractivity contribution in [2.45, 2.75) is 12.8 Å². The molecule has 1 aliphatic rings. The Kier molecular flexibility index (Phi) is 6.71. The summed E-state index contributed by atoms with van der Waals surface area (Å²) in [5.74, 6) is 1.00. The van der Waals surface area contributed by atoms with E-state index in [0.717, 1.165) is 14.9 Å². The van der Waals surface area contributed by atoms with Gasteiger partial charge in [0, 0.05) is 41.7 Å². The predicted octanol–water partition coefficient (Wildman–Crippen LogP) is 3.22. The molecule has 2 amide bonds. The van der Waals surface area contributed by atoms with Gasteiger partial charge in [-0.15, -0.1) is 0 Å². The van der Waals surface area contributed by atoms with Crippen molar-refractivity contribution in [2.24, 2.45) is 0 Å². The molecule has 0 aromatic heterocycles. The molecule has 3 rings (SSSR count). The van der Waals surface area contributed by atoms with Crippen LogP contribution in [-0.4, -0.2) is 54.9 Å². The van der Waals surface area contributed by atoms with Gasteiger partial charge in [0.25, 0.3) is 5.91 Å². The molecule has 0 saturated carbocycles. The van der Waals surface area contributed by atoms with Gasteiger partial charge in [0.15, 0.2) is 0 Å². The van der Waals surface area contributed by atoms with E-state index in [2.05, 4.69) is 22.6 Å². The number of halogens is 1. The number of piperazine rings is 1. The normalized spacial score (nSPS) is 14.1. The van der Waals surface area contributed by atoms with Crippen molar-refractivity contribution in [3.8, 4) is 5.75 Å². The van der Waals surface area contributed by atoms with Crippen LogP contribution in [0, 0.1) is 3.57 Å². The van der Waals surface area contributed by atoms with Crippen LogP contribution in [0.4, 0.5) is 0 Å². The number of hydrogen-bond acceptors (Lipinski definition) is 3. The van der Waals surface area contributed by atoms with Gasteiger partial charge in [0.05, 0.1) is 7.11 Å². The lowest BCUT2D eigenvalue weighted by Gasteiger charge is -2.35. The predicted molar refractivity (Wildman–Crippen MR) is 113 cm³/mol. The highest BCUT2D eigenvalue weighted by Crippen LogP contribution is 2.15. The molecule has 0 atom stereocenters. The Labute approximate surface area is 173 Å². The van der Waals surface area contributed by atoms with E-state index >= 15 is 0 Å². The Morgan fingerprint density at radius 2 is 1.67 bits per heavy atom. The van der Waals surface area contributed by atoms with Gasteiger partial charge < -0.3 is 14.5 Å². The first-order chi connectivity index (χ1) is 13.1. The van der Waals surface area contributed by atoms with Crippen molar-refractivity contribution in [1.29, 1.82) is 0 Å². The van der Waals surface area contributed by atoms with E-state index in [4.69, 9.17) is 4.74 Å². The summed E-state index contributed by atoms with van der Waals surface area (Å²) >= 11 is 2.21. The lowest BCUT2D eigenvalue weighted by atomic mass is 10.1. The van der Waals surface area contributed by atoms with E-state index < -0.39 is 0 Å². The van der Waals surface area contributed by atoms with Gasteiger partial charge in [0.1, 0.15) is 5.75 Å². The fourth-order valence-corrected chi connectivity index (χ4v) is 3.71. The summed E-state index contributed by atoms with van der Waals surface area (Å²) < 4.78 is 6.20. The van der Waals surface area contributed by atoms with Crippen LogP contribution in [0.15, 0.2) is 48.5 Å². The van der Waals surface area contributed by atoms with E-state index in [0.29, 0.717) is 44.6 Å². The van der Waals surface area contributed by atoms with Gasteiger partial charge in [0.2, 0.25) is 5.91 Å². The molecule has 0 N–H and O–H groups in total. The number of benzene rings is 2. The average Bonchev–Trinajstić information content (AvgIpc) is 2.72. The summed E-state index contributed by atoms with van der Waals surface area (Å²) in [5, 5.41) is 0. The first-order valence-corrected chi connectivity index (χ1v) is 10.1. The fourth-order valence-electron chi connectivity index (χ4n) is 3.16. The van der Waals surface area contributed by atoms with Gasteiger partial charge in [-0.1, -0.05) is 18.2 Å². The zero-order chi connectivity index (χ0) is 19.2. The summed E-state index contributed by atoms with van der Waals surface area (Å²) in [7, 11) is 1.64. The molecule has 1 heterocycles. The second kappa shape index (κ2) is 9.21. The van der Waals surface area contributed by atoms with Crippen LogP contribution >= 0.6 is 22.6 Å². The van der Waals surface area contributed by atoms with Gasteiger partial charge in [-0.3, -0.25) is 9.59 Å². The largest absolute Gasteiger partial charge is 0.497 e. The molecule has 6 heteroatoms. The minimum Gasteiger partial charge on any atom is -0.497 e. The molecule has 0 radical (unpaired) electrons. The van der Waals surface area contributed by atoms with Crippen molar-refractivity contribution in [3.05, 3.63) is 63.2 Å². The highest BCUT2D eigenvalue weighted by molar-refractivity contribution is 14.1. The zero-order valence-electron chi connectivity index (χ0n) is 15.4. The molecule has 0 bridgehead atoms. The van der Waals surface area contributed by atoms with Crippen LogP contribution in [0.25, 0.3) is 0 Å². The first kappa shape index (κ1) is 19.7. The molecular weight excluding hydrogens is 455 g/mol. The van der Waals surface area contributed by atoms with Crippen LogP contribution < -0.4 is 4.74 Å². The van der Waals surface area contributed by atoms with Crippen molar-refractivity contribution in [2.75, 3.05) is 33.3 Å². The first-order valence-electron chi connectivity index (χ1n) is 9.02. The summed E-state index contributed by atoms with van der Waals surface area (Å²) in [6, 6.07) is 15.4. The minimum atomic E-state index is 0.0406. The summed E-state index contributed by atoms with van der Waals surface area (Å²) in [6.45, 7) is 2.35. The van der Waals surface area contributed by atoms with Crippen LogP contribution in [0.2, 0.25) is 0 Å². The van der Waals surface area contributed by atoms with E-state index in [9.17, 15) is 9.59 Å². The van der Waals surface area contributed by atoms with E-state index in [1.165, 1.54) is 0 Å². The van der Waals surface area contributed by atoms with Crippen LogP contribution in [0.5, 0.6) is 5.75 Å². The van der Waals surface area contributed by atoms with Crippen molar-refractivity contribution >= 4 is 34.4 Å². The van der Waals surface area contributed by atoms with Gasteiger partial charge in [-0.2, -0.15) is 0 Å². The number of nitrogens with zero attached hydrogens (tertiary/aromatic N) is 2. The molecule has 0 spiro atoms. The third kappa shape index (κ3) is 5.22. The number of ether oxygens (including phenoxy) is 1. The molecule has 0 unspecified atom stereocenters. The standard InChI is InChI=1S/C21H23IN2O3/c1-27-19-8-5-16(6-9-19)7-10-20(25)23-11-13-24(14-12-23)21(26)17-3-2-4-18(22)15-17/h2-6,8-9,15H,7,10-14H2,1H3. The molecule has 1 saturated heterocycles. The SMILES string of the molecule is COc1ccc(CCC(=O)N2CCN(C(=O)c3cccc(I)c3)CC2)cc1. The van der Waals surface area contributed by atoms with Gasteiger partial charge >= 0.3 is 0 Å². The molecule has 2 aromatic carbocycles. The Balaban J connectivity index is 1.48. The fraction of sp³-hybridized carbons (Fsp3) is 0.333. The molecule has 5 nitrogen and oxygen atoms in total. The van der Waals surface area contributed by atoms with Crippen molar-refractivity contribution < 1.29 is 14.3 Å². The van der Waals surface area contributed by atoms with Crippen LogP contribution in [0.1, 0.15) is 22.3 Å². The maximum atomic E-state index is 12.6. The molecule has 1 fully saturated rings. The molecule has 1 aliphatic heterocycles. The number of carbonyl (C=O) groups excluding carboxylic acids is 2. The number of amides is 2. The van der Waals surface area contributed by atoms with Crippen LogP contribution in [0.3, 0.4) is 0 Å². The van der Waals surface area contributed by atoms with Crippen molar-refractivity contribution in [3.63, 3.8) is 0 Å². The Morgan fingerprint density at radius 1 is 1.00 bits per heavy atom. The zero-order valence-corrected chi connectivity index (χ0v) is 17.5. The number of rotatable bonds is 5. The van der Waals surface area contributed by atoms with Crippen molar-refractivity contribution in [1.82, 2.24) is 9.80 Å². The van der Waals surface area contributed by atoms with Crippen LogP contribution in [-0.2, 0) is 11.2 Å². The van der Waals surface area contributed by atoms with Gasteiger partial charge in [-0.05, 0) is 64.9 Å².